The number of aryl methyl sites for hydroxylation is 1. The highest BCUT2D eigenvalue weighted by Gasteiger charge is 2.31. The van der Waals surface area contributed by atoms with E-state index in [1.54, 1.807) is 17.8 Å². The van der Waals surface area contributed by atoms with E-state index in [9.17, 15) is 22.8 Å². The molecule has 0 spiro atoms. The first-order valence-corrected chi connectivity index (χ1v) is 11.0. The Hall–Kier alpha value is -4.01. The molecule has 0 aliphatic heterocycles. The Morgan fingerprint density at radius 2 is 2.00 bits per heavy atom. The maximum Gasteiger partial charge on any atom is 0.573 e. The quantitative estimate of drug-likeness (QED) is 0.134. The number of rotatable bonds is 13. The highest BCUT2D eigenvalue weighted by Crippen LogP contribution is 2.23. The van der Waals surface area contributed by atoms with Crippen LogP contribution in [0.2, 0.25) is 0 Å². The maximum absolute atomic E-state index is 12.3. The molecule has 0 bridgehead atoms. The molecule has 2 aromatic rings. The van der Waals surface area contributed by atoms with Gasteiger partial charge >= 0.3 is 12.5 Å². The van der Waals surface area contributed by atoms with Crippen molar-refractivity contribution in [3.8, 4) is 5.75 Å². The number of hydrogen-bond donors (Lipinski definition) is 4. The summed E-state index contributed by atoms with van der Waals surface area (Å²) in [5.41, 5.74) is 6.58. The largest absolute Gasteiger partial charge is 0.573 e. The summed E-state index contributed by atoms with van der Waals surface area (Å²) in [5.74, 6) is 4.85. The molecule has 0 atom stereocenters. The second-order valence-corrected chi connectivity index (χ2v) is 7.45. The van der Waals surface area contributed by atoms with Crippen molar-refractivity contribution in [2.75, 3.05) is 13.2 Å². The number of nitrogens with two attached hydrogens (primary N) is 2. The van der Waals surface area contributed by atoms with E-state index in [4.69, 9.17) is 16.3 Å². The number of alkyl halides is 3. The van der Waals surface area contributed by atoms with Crippen molar-refractivity contribution in [3.05, 3.63) is 53.6 Å². The molecule has 15 heteroatoms. The zero-order chi connectivity index (χ0) is 26.6. The molecular weight excluding hydrogens is 485 g/mol. The van der Waals surface area contributed by atoms with Gasteiger partial charge in [-0.3, -0.25) is 9.48 Å². The van der Waals surface area contributed by atoms with Gasteiger partial charge in [-0.1, -0.05) is 17.3 Å². The van der Waals surface area contributed by atoms with E-state index in [1.165, 1.54) is 23.3 Å². The molecular formula is C21H29F3N8O4. The van der Waals surface area contributed by atoms with Gasteiger partial charge in [0.25, 0.3) is 5.91 Å². The lowest BCUT2D eigenvalue weighted by Crippen LogP contribution is -2.33. The van der Waals surface area contributed by atoms with Crippen molar-refractivity contribution in [3.63, 3.8) is 0 Å². The van der Waals surface area contributed by atoms with Crippen LogP contribution in [0.25, 0.3) is 0 Å². The fraction of sp³-hybridized carbons (Fsp3) is 0.429. The smallest absolute Gasteiger partial charge is 0.450 e. The van der Waals surface area contributed by atoms with E-state index in [-0.39, 0.29) is 31.1 Å². The summed E-state index contributed by atoms with van der Waals surface area (Å²) in [4.78, 5) is 23.5. The number of ether oxygens (including phenoxy) is 2. The molecule has 36 heavy (non-hydrogen) atoms. The van der Waals surface area contributed by atoms with E-state index in [0.29, 0.717) is 37.2 Å². The van der Waals surface area contributed by atoms with Crippen LogP contribution in [-0.4, -0.2) is 51.5 Å². The highest BCUT2D eigenvalue weighted by atomic mass is 19.4. The maximum atomic E-state index is 12.3. The Kier molecular flexibility index (Phi) is 10.8. The van der Waals surface area contributed by atoms with Gasteiger partial charge in [0.1, 0.15) is 17.1 Å². The topological polar surface area (TPSA) is 163 Å². The molecule has 1 aromatic carbocycles. The van der Waals surface area contributed by atoms with E-state index >= 15 is 0 Å². The fourth-order valence-electron chi connectivity index (χ4n) is 2.88. The molecule has 0 saturated carbocycles. The molecule has 0 aliphatic carbocycles. The van der Waals surface area contributed by atoms with Crippen LogP contribution in [0.4, 0.5) is 18.0 Å². The van der Waals surface area contributed by atoms with Gasteiger partial charge in [0, 0.05) is 25.8 Å². The number of nitrogens with one attached hydrogen (secondary N) is 2. The number of alkyl carbamates (subject to hydrolysis) is 1. The van der Waals surface area contributed by atoms with Crippen LogP contribution in [0, 0.1) is 0 Å². The molecule has 0 aliphatic rings. The third-order valence-corrected chi connectivity index (χ3v) is 4.48. The second kappa shape index (κ2) is 13.8. The molecule has 12 nitrogen and oxygen atoms in total. The molecule has 0 fully saturated rings. The zero-order valence-electron chi connectivity index (χ0n) is 19.6. The average molecular weight is 515 g/mol. The number of benzene rings is 1. The number of unbranched alkanes of at least 4 members (excludes halogenated alkanes) is 1. The van der Waals surface area contributed by atoms with E-state index < -0.39 is 18.4 Å². The summed E-state index contributed by atoms with van der Waals surface area (Å²) >= 11 is 0. The lowest BCUT2D eigenvalue weighted by atomic mass is 10.2. The number of carbonyl (C=O) groups excluding carboxylic acids is 2. The van der Waals surface area contributed by atoms with Crippen LogP contribution in [0.5, 0.6) is 5.75 Å². The van der Waals surface area contributed by atoms with Gasteiger partial charge in [0.05, 0.1) is 19.3 Å². The third kappa shape index (κ3) is 10.9. The minimum absolute atomic E-state index is 0.0534. The predicted octanol–water partition coefficient (Wildman–Crippen LogP) is 1.50. The average Bonchev–Trinajstić information content (AvgIpc) is 3.26. The first-order valence-electron chi connectivity index (χ1n) is 11.0. The molecule has 198 valence electrons. The summed E-state index contributed by atoms with van der Waals surface area (Å²) in [6, 6.07) is 5.24. The van der Waals surface area contributed by atoms with Crippen LogP contribution >= 0.6 is 0 Å². The predicted molar refractivity (Wildman–Crippen MR) is 121 cm³/mol. The van der Waals surface area contributed by atoms with Crippen molar-refractivity contribution in [2.45, 2.75) is 45.8 Å². The number of halogens is 3. The van der Waals surface area contributed by atoms with Gasteiger partial charge in [-0.05, 0) is 37.5 Å². The fourth-order valence-corrected chi connectivity index (χ4v) is 2.88. The first kappa shape index (κ1) is 28.2. The van der Waals surface area contributed by atoms with Gasteiger partial charge < -0.3 is 30.8 Å². The highest BCUT2D eigenvalue weighted by molar-refractivity contribution is 5.92. The van der Waals surface area contributed by atoms with Gasteiger partial charge in [-0.2, -0.15) is 0 Å². The molecule has 6 N–H and O–H groups in total. The Balaban J connectivity index is 1.69. The number of aromatic nitrogens is 3. The number of nitrogens with zero attached hydrogens (tertiary/aromatic N) is 4. The normalized spacial score (nSPS) is 11.6. The van der Waals surface area contributed by atoms with Gasteiger partial charge in [0.15, 0.2) is 0 Å². The molecule has 0 radical (unpaired) electrons. The molecule has 2 amide bonds. The number of carbonyl (C=O) groups is 2. The molecule has 1 heterocycles. The Morgan fingerprint density at radius 1 is 1.22 bits per heavy atom. The van der Waals surface area contributed by atoms with Gasteiger partial charge in [-0.15, -0.1) is 18.3 Å². The Labute approximate surface area is 205 Å². The van der Waals surface area contributed by atoms with E-state index in [2.05, 4.69) is 25.7 Å². The summed E-state index contributed by atoms with van der Waals surface area (Å²) < 4.78 is 47.2. The summed E-state index contributed by atoms with van der Waals surface area (Å²) in [5, 5.41) is 14.3. The first-order chi connectivity index (χ1) is 17.1. The molecule has 1 aromatic heterocycles. The number of amides is 2. The number of hydrazine groups is 1. The number of hydrogen-bond acceptors (Lipinski definition) is 9. The van der Waals surface area contributed by atoms with E-state index in [0.717, 1.165) is 12.1 Å². The minimum atomic E-state index is -4.80. The summed E-state index contributed by atoms with van der Waals surface area (Å²) in [6.07, 6.45) is -0.990. The van der Waals surface area contributed by atoms with Crippen LogP contribution in [0.1, 0.15) is 31.0 Å². The lowest BCUT2D eigenvalue weighted by Gasteiger charge is -2.15. The zero-order valence-corrected chi connectivity index (χ0v) is 19.6. The molecule has 0 saturated heterocycles. The minimum Gasteiger partial charge on any atom is -0.450 e. The van der Waals surface area contributed by atoms with Crippen LogP contribution in [0.3, 0.4) is 0 Å². The van der Waals surface area contributed by atoms with Gasteiger partial charge in [0.2, 0.25) is 0 Å². The summed E-state index contributed by atoms with van der Waals surface area (Å²) in [6.45, 7) is 3.10. The SMILES string of the molecule is CCOC(=O)NCc1cn(CCCCN(N)/C=C(\N)C(=O)NCc2cccc(OC(F)(F)F)c2)nn1. The van der Waals surface area contributed by atoms with Crippen LogP contribution in [-0.2, 0) is 29.2 Å². The molecule has 2 rings (SSSR count). The molecule has 0 unspecified atom stereocenters. The van der Waals surface area contributed by atoms with Crippen molar-refractivity contribution in [1.29, 1.82) is 0 Å². The monoisotopic (exact) mass is 514 g/mol. The van der Waals surface area contributed by atoms with Crippen molar-refractivity contribution < 1.29 is 32.2 Å². The Morgan fingerprint density at radius 3 is 2.72 bits per heavy atom. The van der Waals surface area contributed by atoms with Crippen molar-refractivity contribution in [1.82, 2.24) is 30.6 Å². The van der Waals surface area contributed by atoms with Crippen molar-refractivity contribution >= 4 is 12.0 Å². The van der Waals surface area contributed by atoms with Crippen LogP contribution in [0.15, 0.2) is 42.4 Å². The second-order valence-electron chi connectivity index (χ2n) is 7.45. The lowest BCUT2D eigenvalue weighted by molar-refractivity contribution is -0.274. The summed E-state index contributed by atoms with van der Waals surface area (Å²) in [7, 11) is 0. The third-order valence-electron chi connectivity index (χ3n) is 4.48. The van der Waals surface area contributed by atoms with Gasteiger partial charge in [-0.25, -0.2) is 10.6 Å². The van der Waals surface area contributed by atoms with E-state index in [1.807, 2.05) is 0 Å². The van der Waals surface area contributed by atoms with Crippen molar-refractivity contribution in [2.24, 2.45) is 11.6 Å². The standard InChI is InChI=1S/C21H29F3N8O4/c1-2-35-20(34)28-12-16-13-32(30-29-16)9-4-3-8-31(26)14-18(25)19(33)27-11-15-6-5-7-17(10-15)36-21(22,23)24/h5-7,10,13-14H,2-4,8-9,11-12,25-26H2,1H3,(H,27,33)(H,28,34)/b18-14-. The Bertz CT molecular complexity index is 1030. The van der Waals surface area contributed by atoms with Crippen LogP contribution < -0.4 is 26.9 Å².